The van der Waals surface area contributed by atoms with Gasteiger partial charge in [-0.25, -0.2) is 0 Å². The lowest BCUT2D eigenvalue weighted by Gasteiger charge is -2.05. The van der Waals surface area contributed by atoms with Crippen LogP contribution in [0.2, 0.25) is 0 Å². The lowest BCUT2D eigenvalue weighted by molar-refractivity contribution is 0.347. The lowest BCUT2D eigenvalue weighted by atomic mass is 10.5. The van der Waals surface area contributed by atoms with Gasteiger partial charge in [0.2, 0.25) is 5.88 Å². The molecule has 0 saturated carbocycles. The van der Waals surface area contributed by atoms with E-state index in [-0.39, 0.29) is 0 Å². The Morgan fingerprint density at radius 2 is 2.33 bits per heavy atom. The fourth-order valence-corrected chi connectivity index (χ4v) is 0.986. The molecule has 0 aliphatic heterocycles. The van der Waals surface area contributed by atoms with E-state index < -0.39 is 0 Å². The Labute approximate surface area is 90.4 Å². The molecule has 0 atom stereocenters. The maximum absolute atomic E-state index is 5.37. The molecule has 0 fully saturated rings. The molecule has 0 bridgehead atoms. The Bertz CT molecular complexity index is 312. The molecule has 4 nitrogen and oxygen atoms in total. The van der Waals surface area contributed by atoms with Gasteiger partial charge in [-0.1, -0.05) is 19.1 Å². The van der Waals surface area contributed by atoms with E-state index >= 15 is 0 Å². The van der Waals surface area contributed by atoms with Gasteiger partial charge >= 0.3 is 0 Å². The molecule has 1 N–H and O–H groups in total. The van der Waals surface area contributed by atoms with E-state index in [9.17, 15) is 0 Å². The van der Waals surface area contributed by atoms with Crippen LogP contribution >= 0.6 is 0 Å². The number of hydrogen-bond acceptors (Lipinski definition) is 4. The molecule has 1 heterocycles. The van der Waals surface area contributed by atoms with E-state index in [1.165, 1.54) is 0 Å². The topological polar surface area (TPSA) is 47.0 Å². The van der Waals surface area contributed by atoms with Crippen LogP contribution < -0.4 is 10.1 Å². The van der Waals surface area contributed by atoms with Crippen LogP contribution in [0.3, 0.4) is 0 Å². The SMILES string of the molecule is C/C=C/COc1cncc(NCCC)n1. The van der Waals surface area contributed by atoms with Gasteiger partial charge in [0, 0.05) is 6.54 Å². The number of nitrogens with one attached hydrogen (secondary N) is 1. The summed E-state index contributed by atoms with van der Waals surface area (Å²) in [4.78, 5) is 8.29. The van der Waals surface area contributed by atoms with Gasteiger partial charge in [0.15, 0.2) is 0 Å². The highest BCUT2D eigenvalue weighted by molar-refractivity contribution is 5.32. The monoisotopic (exact) mass is 207 g/mol. The fourth-order valence-electron chi connectivity index (χ4n) is 0.986. The molecule has 0 unspecified atom stereocenters. The minimum Gasteiger partial charge on any atom is -0.472 e. The van der Waals surface area contributed by atoms with Crippen LogP contribution in [0.4, 0.5) is 5.82 Å². The standard InChI is InChI=1S/C11H17N3O/c1-3-5-7-15-11-9-12-8-10(14-11)13-6-4-2/h3,5,8-9H,4,6-7H2,1-2H3,(H,13,14)/b5-3+. The van der Waals surface area contributed by atoms with Gasteiger partial charge < -0.3 is 10.1 Å². The summed E-state index contributed by atoms with van der Waals surface area (Å²) in [6.45, 7) is 5.48. The third-order valence-electron chi connectivity index (χ3n) is 1.73. The second-order valence-electron chi connectivity index (χ2n) is 3.05. The molecule has 0 aromatic carbocycles. The highest BCUT2D eigenvalue weighted by Crippen LogP contribution is 2.08. The number of nitrogens with zero attached hydrogens (tertiary/aromatic N) is 2. The summed E-state index contributed by atoms with van der Waals surface area (Å²) >= 11 is 0. The lowest BCUT2D eigenvalue weighted by Crippen LogP contribution is -2.04. The van der Waals surface area contributed by atoms with Gasteiger partial charge in [-0.15, -0.1) is 0 Å². The molecule has 0 radical (unpaired) electrons. The summed E-state index contributed by atoms with van der Waals surface area (Å²) in [7, 11) is 0. The number of aromatic nitrogens is 2. The average Bonchev–Trinajstić information content (AvgIpc) is 2.27. The van der Waals surface area contributed by atoms with Crippen molar-refractivity contribution in [3.05, 3.63) is 24.5 Å². The number of anilines is 1. The molecule has 15 heavy (non-hydrogen) atoms. The van der Waals surface area contributed by atoms with Gasteiger partial charge in [-0.3, -0.25) is 4.98 Å². The van der Waals surface area contributed by atoms with Gasteiger partial charge in [0.05, 0.1) is 12.4 Å². The molecule has 0 aliphatic rings. The second kappa shape index (κ2) is 6.81. The van der Waals surface area contributed by atoms with E-state index in [4.69, 9.17) is 4.74 Å². The maximum atomic E-state index is 5.37. The van der Waals surface area contributed by atoms with Crippen LogP contribution in [0.15, 0.2) is 24.5 Å². The Hall–Kier alpha value is -1.58. The third kappa shape index (κ3) is 4.44. The minimum absolute atomic E-state index is 0.530. The predicted molar refractivity (Wildman–Crippen MR) is 61.1 cm³/mol. The molecular formula is C11H17N3O. The first kappa shape index (κ1) is 11.5. The summed E-state index contributed by atoms with van der Waals surface area (Å²) in [5, 5.41) is 3.15. The van der Waals surface area contributed by atoms with E-state index in [0.717, 1.165) is 18.8 Å². The zero-order chi connectivity index (χ0) is 10.9. The smallest absolute Gasteiger partial charge is 0.234 e. The maximum Gasteiger partial charge on any atom is 0.234 e. The Morgan fingerprint density at radius 1 is 1.47 bits per heavy atom. The van der Waals surface area contributed by atoms with Crippen LogP contribution in [-0.4, -0.2) is 23.1 Å². The number of ether oxygens (including phenoxy) is 1. The molecule has 0 saturated heterocycles. The predicted octanol–water partition coefficient (Wildman–Crippen LogP) is 2.25. The van der Waals surface area contributed by atoms with Gasteiger partial charge in [-0.2, -0.15) is 4.98 Å². The largest absolute Gasteiger partial charge is 0.472 e. The van der Waals surface area contributed by atoms with Crippen LogP contribution in [0, 0.1) is 0 Å². The van der Waals surface area contributed by atoms with Crippen LogP contribution in [0.25, 0.3) is 0 Å². The molecule has 1 aromatic heterocycles. The van der Waals surface area contributed by atoms with Crippen molar-refractivity contribution in [1.82, 2.24) is 9.97 Å². The summed E-state index contributed by atoms with van der Waals surface area (Å²) in [5.41, 5.74) is 0. The Kier molecular flexibility index (Phi) is 5.22. The molecule has 0 spiro atoms. The molecule has 0 amide bonds. The summed E-state index contributed by atoms with van der Waals surface area (Å²) in [5.74, 6) is 1.31. The minimum atomic E-state index is 0.530. The van der Waals surface area contributed by atoms with Crippen molar-refractivity contribution >= 4 is 5.82 Å². The highest BCUT2D eigenvalue weighted by Gasteiger charge is 1.97. The van der Waals surface area contributed by atoms with Crippen molar-refractivity contribution in [2.75, 3.05) is 18.5 Å². The Balaban J connectivity index is 2.49. The zero-order valence-corrected chi connectivity index (χ0v) is 9.23. The summed E-state index contributed by atoms with van der Waals surface area (Å²) in [6.07, 6.45) is 8.23. The Morgan fingerprint density at radius 3 is 3.07 bits per heavy atom. The molecular weight excluding hydrogens is 190 g/mol. The quantitative estimate of drug-likeness (QED) is 0.727. The molecule has 1 rings (SSSR count). The first-order valence-corrected chi connectivity index (χ1v) is 5.16. The normalized spacial score (nSPS) is 10.5. The first-order chi connectivity index (χ1) is 7.36. The first-order valence-electron chi connectivity index (χ1n) is 5.16. The van der Waals surface area contributed by atoms with Crippen molar-refractivity contribution in [3.63, 3.8) is 0 Å². The average molecular weight is 207 g/mol. The van der Waals surface area contributed by atoms with E-state index in [2.05, 4.69) is 22.2 Å². The summed E-state index contributed by atoms with van der Waals surface area (Å²) in [6, 6.07) is 0. The van der Waals surface area contributed by atoms with E-state index in [1.807, 2.05) is 19.1 Å². The molecule has 82 valence electrons. The zero-order valence-electron chi connectivity index (χ0n) is 9.23. The second-order valence-corrected chi connectivity index (χ2v) is 3.05. The van der Waals surface area contributed by atoms with Crippen molar-refractivity contribution in [3.8, 4) is 5.88 Å². The van der Waals surface area contributed by atoms with E-state index in [1.54, 1.807) is 12.4 Å². The van der Waals surface area contributed by atoms with Crippen molar-refractivity contribution < 1.29 is 4.74 Å². The number of rotatable bonds is 6. The molecule has 1 aromatic rings. The van der Waals surface area contributed by atoms with Gasteiger partial charge in [-0.05, 0) is 13.3 Å². The van der Waals surface area contributed by atoms with Crippen molar-refractivity contribution in [2.24, 2.45) is 0 Å². The van der Waals surface area contributed by atoms with Crippen LogP contribution in [0.5, 0.6) is 5.88 Å². The van der Waals surface area contributed by atoms with Gasteiger partial charge in [0.1, 0.15) is 12.4 Å². The highest BCUT2D eigenvalue weighted by atomic mass is 16.5. The fraction of sp³-hybridized carbons (Fsp3) is 0.455. The van der Waals surface area contributed by atoms with Gasteiger partial charge in [0.25, 0.3) is 0 Å². The summed E-state index contributed by atoms with van der Waals surface area (Å²) < 4.78 is 5.37. The van der Waals surface area contributed by atoms with E-state index in [0.29, 0.717) is 12.5 Å². The van der Waals surface area contributed by atoms with Crippen molar-refractivity contribution in [2.45, 2.75) is 20.3 Å². The van der Waals surface area contributed by atoms with Crippen LogP contribution in [0.1, 0.15) is 20.3 Å². The van der Waals surface area contributed by atoms with Crippen LogP contribution in [-0.2, 0) is 0 Å². The molecule has 4 heteroatoms. The third-order valence-corrected chi connectivity index (χ3v) is 1.73. The number of allylic oxidation sites excluding steroid dienone is 1. The number of hydrogen-bond donors (Lipinski definition) is 1. The van der Waals surface area contributed by atoms with Crippen molar-refractivity contribution in [1.29, 1.82) is 0 Å². The molecule has 0 aliphatic carbocycles.